The number of halogens is 1. The molecule has 6 heteroatoms. The van der Waals surface area contributed by atoms with Crippen LogP contribution in [-0.4, -0.2) is 41.5 Å². The molecule has 1 saturated heterocycles. The van der Waals surface area contributed by atoms with Gasteiger partial charge in [-0.3, -0.25) is 9.59 Å². The van der Waals surface area contributed by atoms with Gasteiger partial charge in [0.25, 0.3) is 0 Å². The second-order valence-corrected chi connectivity index (χ2v) is 6.28. The summed E-state index contributed by atoms with van der Waals surface area (Å²) in [7, 11) is 0. The second-order valence-electron chi connectivity index (χ2n) is 5.36. The summed E-state index contributed by atoms with van der Waals surface area (Å²) in [6.45, 7) is 3.27. The lowest BCUT2D eigenvalue weighted by Gasteiger charge is -2.30. The highest BCUT2D eigenvalue weighted by Crippen LogP contribution is 2.20. The Morgan fingerprint density at radius 2 is 2.00 bits per heavy atom. The Kier molecular flexibility index (Phi) is 5.22. The zero-order valence-electron chi connectivity index (χ0n) is 11.9. The van der Waals surface area contributed by atoms with Gasteiger partial charge in [0.15, 0.2) is 0 Å². The summed E-state index contributed by atoms with van der Waals surface area (Å²) in [5, 5.41) is 12.1. The number of carboxylic acid groups (broad SMARTS) is 1. The minimum absolute atomic E-state index is 0.0106. The van der Waals surface area contributed by atoms with E-state index in [0.29, 0.717) is 25.9 Å². The molecule has 2 rings (SSSR count). The summed E-state index contributed by atoms with van der Waals surface area (Å²) >= 11 is 3.43. The first-order valence-electron chi connectivity index (χ1n) is 6.97. The fourth-order valence-electron chi connectivity index (χ4n) is 2.50. The van der Waals surface area contributed by atoms with Gasteiger partial charge >= 0.3 is 5.97 Å². The number of piperidine rings is 1. The van der Waals surface area contributed by atoms with Crippen molar-refractivity contribution in [2.75, 3.05) is 25.0 Å². The van der Waals surface area contributed by atoms with Crippen molar-refractivity contribution in [3.8, 4) is 0 Å². The van der Waals surface area contributed by atoms with E-state index in [1.54, 1.807) is 4.90 Å². The van der Waals surface area contributed by atoms with Crippen LogP contribution in [0, 0.1) is 12.8 Å². The van der Waals surface area contributed by atoms with Gasteiger partial charge in [0, 0.05) is 23.2 Å². The molecule has 0 atom stereocenters. The highest BCUT2D eigenvalue weighted by Gasteiger charge is 2.26. The maximum atomic E-state index is 12.1. The fourth-order valence-corrected chi connectivity index (χ4v) is 3.11. The van der Waals surface area contributed by atoms with E-state index in [4.69, 9.17) is 5.11 Å². The largest absolute Gasteiger partial charge is 0.481 e. The molecule has 0 bridgehead atoms. The highest BCUT2D eigenvalue weighted by atomic mass is 79.9. The molecule has 0 saturated carbocycles. The molecule has 0 radical (unpaired) electrons. The Morgan fingerprint density at radius 1 is 1.33 bits per heavy atom. The lowest BCUT2D eigenvalue weighted by atomic mass is 9.97. The van der Waals surface area contributed by atoms with E-state index in [-0.39, 0.29) is 18.4 Å². The summed E-state index contributed by atoms with van der Waals surface area (Å²) < 4.78 is 0.972. The molecule has 1 amide bonds. The number of nitrogens with one attached hydrogen (secondary N) is 1. The van der Waals surface area contributed by atoms with Crippen molar-refractivity contribution < 1.29 is 14.7 Å². The average Bonchev–Trinajstić information content (AvgIpc) is 2.44. The Hall–Kier alpha value is -1.56. The van der Waals surface area contributed by atoms with E-state index in [2.05, 4.69) is 21.2 Å². The van der Waals surface area contributed by atoms with Crippen LogP contribution in [0.15, 0.2) is 22.7 Å². The SMILES string of the molecule is Cc1cc(Br)cc(NCC(=O)N2CCC(C(=O)O)CC2)c1. The monoisotopic (exact) mass is 354 g/mol. The minimum Gasteiger partial charge on any atom is -0.481 e. The van der Waals surface area contributed by atoms with Crippen molar-refractivity contribution in [1.29, 1.82) is 0 Å². The molecule has 1 aromatic rings. The van der Waals surface area contributed by atoms with Gasteiger partial charge in [-0.05, 0) is 43.5 Å². The number of rotatable bonds is 4. The quantitative estimate of drug-likeness (QED) is 0.871. The summed E-state index contributed by atoms with van der Waals surface area (Å²) in [4.78, 5) is 24.7. The third kappa shape index (κ3) is 4.46. The zero-order valence-corrected chi connectivity index (χ0v) is 13.5. The van der Waals surface area contributed by atoms with Crippen LogP contribution in [0.3, 0.4) is 0 Å². The third-order valence-corrected chi connectivity index (χ3v) is 4.14. The number of hydrogen-bond acceptors (Lipinski definition) is 3. The number of aliphatic carboxylic acids is 1. The molecule has 1 aliphatic rings. The molecule has 0 unspecified atom stereocenters. The van der Waals surface area contributed by atoms with Crippen LogP contribution >= 0.6 is 15.9 Å². The van der Waals surface area contributed by atoms with E-state index in [0.717, 1.165) is 15.7 Å². The number of likely N-dealkylation sites (tertiary alicyclic amines) is 1. The Bertz CT molecular complexity index is 519. The van der Waals surface area contributed by atoms with Crippen molar-refractivity contribution in [1.82, 2.24) is 4.90 Å². The van der Waals surface area contributed by atoms with Gasteiger partial charge in [0.1, 0.15) is 0 Å². The maximum absolute atomic E-state index is 12.1. The van der Waals surface area contributed by atoms with Crippen LogP contribution in [0.5, 0.6) is 0 Å². The molecule has 5 nitrogen and oxygen atoms in total. The first kappa shape index (κ1) is 15.8. The van der Waals surface area contributed by atoms with Crippen molar-refractivity contribution in [3.05, 3.63) is 28.2 Å². The number of amides is 1. The van der Waals surface area contributed by atoms with Crippen molar-refractivity contribution >= 4 is 33.5 Å². The van der Waals surface area contributed by atoms with Crippen molar-refractivity contribution in [2.24, 2.45) is 5.92 Å². The molecule has 2 N–H and O–H groups in total. The van der Waals surface area contributed by atoms with Crippen LogP contribution in [-0.2, 0) is 9.59 Å². The number of carboxylic acids is 1. The molecule has 1 fully saturated rings. The Morgan fingerprint density at radius 3 is 2.57 bits per heavy atom. The summed E-state index contributed by atoms with van der Waals surface area (Å²) in [5.41, 5.74) is 2.01. The first-order valence-corrected chi connectivity index (χ1v) is 7.76. The highest BCUT2D eigenvalue weighted by molar-refractivity contribution is 9.10. The molecule has 1 aliphatic heterocycles. The van der Waals surface area contributed by atoms with Crippen molar-refractivity contribution in [3.63, 3.8) is 0 Å². The summed E-state index contributed by atoms with van der Waals surface area (Å²) in [6, 6.07) is 5.91. The van der Waals surface area contributed by atoms with Gasteiger partial charge in [-0.15, -0.1) is 0 Å². The van der Waals surface area contributed by atoms with Crippen LogP contribution in [0.25, 0.3) is 0 Å². The van der Waals surface area contributed by atoms with E-state index < -0.39 is 5.97 Å². The van der Waals surface area contributed by atoms with Gasteiger partial charge in [0.05, 0.1) is 12.5 Å². The van der Waals surface area contributed by atoms with Gasteiger partial charge < -0.3 is 15.3 Å². The van der Waals surface area contributed by atoms with Crippen LogP contribution < -0.4 is 5.32 Å². The Labute approximate surface area is 132 Å². The lowest BCUT2D eigenvalue weighted by molar-refractivity contribution is -0.145. The number of carbonyl (C=O) groups is 2. The standard InChI is InChI=1S/C15H19BrN2O3/c1-10-6-12(16)8-13(7-10)17-9-14(19)18-4-2-11(3-5-18)15(20)21/h6-8,11,17H,2-5,9H2,1H3,(H,20,21). The number of carbonyl (C=O) groups excluding carboxylic acids is 1. The van der Waals surface area contributed by atoms with Gasteiger partial charge in [-0.25, -0.2) is 0 Å². The van der Waals surface area contributed by atoms with E-state index in [1.807, 2.05) is 25.1 Å². The number of nitrogens with zero attached hydrogens (tertiary/aromatic N) is 1. The smallest absolute Gasteiger partial charge is 0.306 e. The number of benzene rings is 1. The fraction of sp³-hybridized carbons (Fsp3) is 0.467. The summed E-state index contributed by atoms with van der Waals surface area (Å²) in [5.74, 6) is -1.06. The molecule has 21 heavy (non-hydrogen) atoms. The topological polar surface area (TPSA) is 69.6 Å². The van der Waals surface area contributed by atoms with Gasteiger partial charge in [-0.1, -0.05) is 15.9 Å². The van der Waals surface area contributed by atoms with Crippen LogP contribution in [0.4, 0.5) is 5.69 Å². The normalized spacial score (nSPS) is 15.8. The molecule has 0 spiro atoms. The number of anilines is 1. The van der Waals surface area contributed by atoms with Crippen LogP contribution in [0.1, 0.15) is 18.4 Å². The predicted molar refractivity (Wildman–Crippen MR) is 84.3 cm³/mol. The molecular formula is C15H19BrN2O3. The maximum Gasteiger partial charge on any atom is 0.306 e. The van der Waals surface area contributed by atoms with Gasteiger partial charge in [-0.2, -0.15) is 0 Å². The Balaban J connectivity index is 1.84. The molecule has 114 valence electrons. The van der Waals surface area contributed by atoms with E-state index in [1.165, 1.54) is 0 Å². The molecule has 1 heterocycles. The number of aryl methyl sites for hydroxylation is 1. The number of hydrogen-bond donors (Lipinski definition) is 2. The molecule has 0 aliphatic carbocycles. The van der Waals surface area contributed by atoms with Gasteiger partial charge in [0.2, 0.25) is 5.91 Å². The van der Waals surface area contributed by atoms with Crippen LogP contribution in [0.2, 0.25) is 0 Å². The lowest BCUT2D eigenvalue weighted by Crippen LogP contribution is -2.42. The predicted octanol–water partition coefficient (Wildman–Crippen LogP) is 2.49. The molecule has 0 aromatic heterocycles. The first-order chi connectivity index (χ1) is 9.95. The van der Waals surface area contributed by atoms with E-state index >= 15 is 0 Å². The second kappa shape index (κ2) is 6.93. The average molecular weight is 355 g/mol. The van der Waals surface area contributed by atoms with E-state index in [9.17, 15) is 9.59 Å². The zero-order chi connectivity index (χ0) is 15.4. The molecule has 1 aromatic carbocycles. The van der Waals surface area contributed by atoms with Crippen molar-refractivity contribution in [2.45, 2.75) is 19.8 Å². The minimum atomic E-state index is -0.759. The summed E-state index contributed by atoms with van der Waals surface area (Å²) in [6.07, 6.45) is 1.08. The third-order valence-electron chi connectivity index (χ3n) is 3.68. The molecular weight excluding hydrogens is 336 g/mol.